The molecule has 0 aliphatic rings. The summed E-state index contributed by atoms with van der Waals surface area (Å²) in [5.74, 6) is -1.15. The van der Waals surface area contributed by atoms with Crippen molar-refractivity contribution in [2.24, 2.45) is 0 Å². The summed E-state index contributed by atoms with van der Waals surface area (Å²) in [6.07, 6.45) is -0.976. The van der Waals surface area contributed by atoms with Crippen LogP contribution in [0.4, 0.5) is 0 Å². The van der Waals surface area contributed by atoms with Crippen LogP contribution in [0.1, 0.15) is 29.3 Å². The third-order valence-electron chi connectivity index (χ3n) is 4.49. The molecule has 0 saturated carbocycles. The van der Waals surface area contributed by atoms with Gasteiger partial charge in [-0.15, -0.1) is 5.10 Å². The second kappa shape index (κ2) is 9.68. The lowest BCUT2D eigenvalue weighted by Crippen LogP contribution is -2.41. The van der Waals surface area contributed by atoms with Crippen LogP contribution in [0.3, 0.4) is 0 Å². The first-order valence-corrected chi connectivity index (χ1v) is 10.1. The number of nitrogens with one attached hydrogen (secondary N) is 1. The maximum Gasteiger partial charge on any atom is 0.335 e. The number of halogens is 1. The summed E-state index contributed by atoms with van der Waals surface area (Å²) in [7, 11) is 0. The van der Waals surface area contributed by atoms with E-state index in [2.05, 4.69) is 31.6 Å². The second-order valence-electron chi connectivity index (χ2n) is 6.69. The standard InChI is InChI=1S/C20H21BrN4O5/c1-2-30-20(28)18(26)11-15(9-12-3-6-14(21)7-4-12)22-19(27)13-5-8-16-17(10-13)25(29)24-23-16/h3-8,10,15,18,26,29H,2,9,11H2,1H3,(H,22,27). The Morgan fingerprint density at radius 1 is 1.23 bits per heavy atom. The van der Waals surface area contributed by atoms with Crippen molar-refractivity contribution in [3.05, 3.63) is 58.1 Å². The minimum Gasteiger partial charge on any atom is -0.464 e. The molecule has 158 valence electrons. The number of ether oxygens (including phenoxy) is 1. The summed E-state index contributed by atoms with van der Waals surface area (Å²) in [6, 6.07) is 11.6. The lowest BCUT2D eigenvalue weighted by atomic mass is 10.00. The van der Waals surface area contributed by atoms with Crippen LogP contribution in [0.2, 0.25) is 0 Å². The molecule has 0 radical (unpaired) electrons. The normalized spacial score (nSPS) is 13.0. The van der Waals surface area contributed by atoms with E-state index in [4.69, 9.17) is 4.74 Å². The zero-order chi connectivity index (χ0) is 21.7. The van der Waals surface area contributed by atoms with Gasteiger partial charge in [0.25, 0.3) is 5.91 Å². The first kappa shape index (κ1) is 21.7. The number of aliphatic hydroxyl groups excluding tert-OH is 1. The molecule has 0 fully saturated rings. The van der Waals surface area contributed by atoms with Gasteiger partial charge in [0, 0.05) is 22.5 Å². The van der Waals surface area contributed by atoms with Crippen molar-refractivity contribution >= 4 is 38.8 Å². The smallest absolute Gasteiger partial charge is 0.335 e. The van der Waals surface area contributed by atoms with Gasteiger partial charge in [0.05, 0.1) is 6.61 Å². The number of fused-ring (bicyclic) bond motifs is 1. The number of aromatic nitrogens is 3. The number of benzene rings is 2. The molecule has 3 rings (SSSR count). The molecule has 0 saturated heterocycles. The van der Waals surface area contributed by atoms with Crippen LogP contribution >= 0.6 is 15.9 Å². The largest absolute Gasteiger partial charge is 0.464 e. The summed E-state index contributed by atoms with van der Waals surface area (Å²) in [5, 5.41) is 30.0. The van der Waals surface area contributed by atoms with E-state index in [0.717, 1.165) is 10.0 Å². The van der Waals surface area contributed by atoms with Gasteiger partial charge in [-0.25, -0.2) is 4.79 Å². The number of hydrogen-bond acceptors (Lipinski definition) is 7. The second-order valence-corrected chi connectivity index (χ2v) is 7.60. The molecule has 3 aromatic rings. The molecule has 0 spiro atoms. The zero-order valence-corrected chi connectivity index (χ0v) is 17.7. The molecule has 3 N–H and O–H groups in total. The van der Waals surface area contributed by atoms with Crippen LogP contribution in [0.5, 0.6) is 0 Å². The van der Waals surface area contributed by atoms with Gasteiger partial charge >= 0.3 is 5.97 Å². The van der Waals surface area contributed by atoms with Gasteiger partial charge in [0.1, 0.15) is 11.0 Å². The molecule has 30 heavy (non-hydrogen) atoms. The van der Waals surface area contributed by atoms with Crippen LogP contribution in [0, 0.1) is 0 Å². The van der Waals surface area contributed by atoms with Crippen molar-refractivity contribution in [1.29, 1.82) is 0 Å². The average molecular weight is 477 g/mol. The first-order chi connectivity index (χ1) is 14.4. The van der Waals surface area contributed by atoms with E-state index < -0.39 is 24.0 Å². The lowest BCUT2D eigenvalue weighted by molar-refractivity contribution is -0.153. The van der Waals surface area contributed by atoms with Crippen LogP contribution in [0.25, 0.3) is 11.0 Å². The third-order valence-corrected chi connectivity index (χ3v) is 5.02. The van der Waals surface area contributed by atoms with Gasteiger partial charge in [-0.2, -0.15) is 0 Å². The summed E-state index contributed by atoms with van der Waals surface area (Å²) < 4.78 is 5.78. The van der Waals surface area contributed by atoms with E-state index in [0.29, 0.717) is 22.3 Å². The van der Waals surface area contributed by atoms with Crippen molar-refractivity contribution in [2.75, 3.05) is 6.61 Å². The number of nitrogens with zero attached hydrogens (tertiary/aromatic N) is 3. The molecule has 2 unspecified atom stereocenters. The fourth-order valence-electron chi connectivity index (χ4n) is 3.02. The Hall–Kier alpha value is -2.98. The molecule has 2 aromatic carbocycles. The van der Waals surface area contributed by atoms with Gasteiger partial charge in [-0.3, -0.25) is 4.79 Å². The number of carbonyl (C=O) groups is 2. The van der Waals surface area contributed by atoms with E-state index >= 15 is 0 Å². The summed E-state index contributed by atoms with van der Waals surface area (Å²) >= 11 is 3.38. The van der Waals surface area contributed by atoms with E-state index in [-0.39, 0.29) is 18.6 Å². The van der Waals surface area contributed by atoms with Gasteiger partial charge in [-0.1, -0.05) is 32.9 Å². The van der Waals surface area contributed by atoms with Crippen molar-refractivity contribution in [2.45, 2.75) is 31.9 Å². The topological polar surface area (TPSA) is 127 Å². The summed E-state index contributed by atoms with van der Waals surface area (Å²) in [5.41, 5.74) is 1.94. The molecular formula is C20H21BrN4O5. The minimum absolute atomic E-state index is 0.0115. The number of aliphatic hydroxyl groups is 1. The molecule has 1 heterocycles. The summed E-state index contributed by atoms with van der Waals surface area (Å²) in [6.45, 7) is 1.81. The fraction of sp³-hybridized carbons (Fsp3) is 0.300. The fourth-order valence-corrected chi connectivity index (χ4v) is 3.28. The summed E-state index contributed by atoms with van der Waals surface area (Å²) in [4.78, 5) is 25.2. The number of hydrogen-bond donors (Lipinski definition) is 3. The van der Waals surface area contributed by atoms with Crippen LogP contribution < -0.4 is 5.32 Å². The molecule has 9 nitrogen and oxygen atoms in total. The Kier molecular flexibility index (Phi) is 7.01. The van der Waals surface area contributed by atoms with Crippen LogP contribution in [-0.2, 0) is 16.0 Å². The highest BCUT2D eigenvalue weighted by Gasteiger charge is 2.24. The first-order valence-electron chi connectivity index (χ1n) is 9.32. The number of amides is 1. The minimum atomic E-state index is -1.36. The SMILES string of the molecule is CCOC(=O)C(O)CC(Cc1ccc(Br)cc1)NC(=O)c1ccc2nnn(O)c2c1. The highest BCUT2D eigenvalue weighted by atomic mass is 79.9. The number of rotatable bonds is 8. The molecule has 2 atom stereocenters. The van der Waals surface area contributed by atoms with Crippen molar-refractivity contribution in [3.8, 4) is 0 Å². The lowest BCUT2D eigenvalue weighted by Gasteiger charge is -2.21. The predicted octanol–water partition coefficient (Wildman–Crippen LogP) is 2.09. The van der Waals surface area contributed by atoms with Crippen molar-refractivity contribution in [1.82, 2.24) is 20.5 Å². The van der Waals surface area contributed by atoms with Gasteiger partial charge < -0.3 is 20.4 Å². The van der Waals surface area contributed by atoms with Crippen LogP contribution in [0.15, 0.2) is 46.9 Å². The Bertz CT molecular complexity index is 1040. The van der Waals surface area contributed by atoms with Crippen molar-refractivity contribution in [3.63, 3.8) is 0 Å². The Morgan fingerprint density at radius 2 is 1.97 bits per heavy atom. The number of esters is 1. The Labute approximate surface area is 180 Å². The quantitative estimate of drug-likeness (QED) is 0.335. The van der Waals surface area contributed by atoms with Gasteiger partial charge in [-0.05, 0) is 54.5 Å². The molecule has 0 aliphatic carbocycles. The Balaban J connectivity index is 1.78. The van der Waals surface area contributed by atoms with E-state index in [1.165, 1.54) is 6.07 Å². The average Bonchev–Trinajstić information content (AvgIpc) is 3.10. The predicted molar refractivity (Wildman–Crippen MR) is 111 cm³/mol. The van der Waals surface area contributed by atoms with E-state index in [9.17, 15) is 19.9 Å². The van der Waals surface area contributed by atoms with Gasteiger partial charge in [0.2, 0.25) is 0 Å². The molecule has 0 aliphatic heterocycles. The highest BCUT2D eigenvalue weighted by Crippen LogP contribution is 2.16. The monoisotopic (exact) mass is 476 g/mol. The highest BCUT2D eigenvalue weighted by molar-refractivity contribution is 9.10. The molecule has 0 bridgehead atoms. The van der Waals surface area contributed by atoms with E-state index in [1.807, 2.05) is 24.3 Å². The molecule has 1 amide bonds. The third kappa shape index (κ3) is 5.33. The van der Waals surface area contributed by atoms with Crippen LogP contribution in [-0.4, -0.2) is 56.1 Å². The maximum absolute atomic E-state index is 12.8. The van der Waals surface area contributed by atoms with E-state index in [1.54, 1.807) is 19.1 Å². The number of carbonyl (C=O) groups excluding carboxylic acids is 2. The molecule has 10 heteroatoms. The molecular weight excluding hydrogens is 456 g/mol. The maximum atomic E-state index is 12.8. The van der Waals surface area contributed by atoms with Gasteiger partial charge in [0.15, 0.2) is 6.10 Å². The Morgan fingerprint density at radius 3 is 2.67 bits per heavy atom. The zero-order valence-electron chi connectivity index (χ0n) is 16.2. The molecule has 1 aromatic heterocycles. The van der Waals surface area contributed by atoms with Crippen molar-refractivity contribution < 1.29 is 24.6 Å².